The minimum atomic E-state index is -1.00. The normalized spacial score (nSPS) is 11.8. The molecule has 0 unspecified atom stereocenters. The van der Waals surface area contributed by atoms with Crippen LogP contribution in [0.4, 0.5) is 9.59 Å². The molecule has 9 nitrogen and oxygen atoms in total. The van der Waals surface area contributed by atoms with Gasteiger partial charge in [0.05, 0.1) is 13.7 Å². The third-order valence-corrected chi connectivity index (χ3v) is 7.25. The maximum Gasteiger partial charge on any atom is 0.408 e. The second kappa shape index (κ2) is 15.8. The fraction of sp³-hybridized carbons (Fsp3) is 0.406. The van der Waals surface area contributed by atoms with Gasteiger partial charge < -0.3 is 29.7 Å². The van der Waals surface area contributed by atoms with Crippen LogP contribution in [-0.4, -0.2) is 58.3 Å². The number of nitrogens with one attached hydrogen (secondary N) is 1. The largest absolute Gasteiger partial charge is 0.497 e. The van der Waals surface area contributed by atoms with Crippen molar-refractivity contribution in [2.24, 2.45) is 0 Å². The lowest BCUT2D eigenvalue weighted by molar-refractivity contribution is -0.135. The molecular weight excluding hydrogens is 554 g/mol. The number of nitrogens with zero attached hydrogens (tertiary/aromatic N) is 2. The van der Waals surface area contributed by atoms with E-state index in [4.69, 9.17) is 9.47 Å². The van der Waals surface area contributed by atoms with Gasteiger partial charge in [0.2, 0.25) is 5.91 Å². The standard InChI is InChI=1S/C32H41N3O6S/c1-32(2,3)41-30(37)33-28(17-8-9-18-34(31(38)39)21-24-12-6-5-7-13-24)29(36)35(23-27-16-11-19-42-27)22-25-14-10-15-26(20-25)40-4/h5-7,10-16,19-20,28H,8-9,17-18,21-23H2,1-4H3,(H,33,37)(H,38,39)/t28-/m1/s1. The number of hydrogen-bond acceptors (Lipinski definition) is 6. The van der Waals surface area contributed by atoms with Crippen LogP contribution < -0.4 is 10.1 Å². The smallest absolute Gasteiger partial charge is 0.408 e. The summed E-state index contributed by atoms with van der Waals surface area (Å²) in [6.07, 6.45) is -0.291. The lowest BCUT2D eigenvalue weighted by Crippen LogP contribution is -2.49. The Morgan fingerprint density at radius 1 is 0.905 bits per heavy atom. The van der Waals surface area contributed by atoms with Crippen LogP contribution in [0.1, 0.15) is 56.0 Å². The fourth-order valence-corrected chi connectivity index (χ4v) is 5.14. The Morgan fingerprint density at radius 2 is 1.62 bits per heavy atom. The predicted octanol–water partition coefficient (Wildman–Crippen LogP) is 6.53. The highest BCUT2D eigenvalue weighted by atomic mass is 32.1. The van der Waals surface area contributed by atoms with E-state index in [0.29, 0.717) is 44.6 Å². The van der Waals surface area contributed by atoms with Gasteiger partial charge >= 0.3 is 12.2 Å². The van der Waals surface area contributed by atoms with E-state index in [2.05, 4.69) is 5.32 Å². The van der Waals surface area contributed by atoms with Gasteiger partial charge in [-0.3, -0.25) is 4.79 Å². The molecular formula is C32H41N3O6S. The number of ether oxygens (including phenoxy) is 2. The Balaban J connectivity index is 1.74. The Bertz CT molecular complexity index is 1280. The summed E-state index contributed by atoms with van der Waals surface area (Å²) >= 11 is 1.56. The molecule has 2 N–H and O–H groups in total. The number of alkyl carbamates (subject to hydrolysis) is 1. The highest BCUT2D eigenvalue weighted by Gasteiger charge is 2.28. The van der Waals surface area contributed by atoms with Gasteiger partial charge in [-0.25, -0.2) is 9.59 Å². The van der Waals surface area contributed by atoms with E-state index in [9.17, 15) is 19.5 Å². The Kier molecular flexibility index (Phi) is 12.2. The van der Waals surface area contributed by atoms with Crippen molar-refractivity contribution in [1.29, 1.82) is 0 Å². The van der Waals surface area contributed by atoms with Crippen molar-refractivity contribution in [1.82, 2.24) is 15.1 Å². The SMILES string of the molecule is COc1cccc(CN(Cc2cccs2)C(=O)[C@@H](CCCCN(Cc2ccccc2)C(=O)O)NC(=O)OC(C)(C)C)c1. The molecule has 10 heteroatoms. The number of carbonyl (C=O) groups excluding carboxylic acids is 2. The van der Waals surface area contributed by atoms with Crippen molar-refractivity contribution < 1.29 is 29.0 Å². The van der Waals surface area contributed by atoms with E-state index in [0.717, 1.165) is 16.0 Å². The maximum atomic E-state index is 14.0. The van der Waals surface area contributed by atoms with Crippen LogP contribution in [0.5, 0.6) is 5.75 Å². The predicted molar refractivity (Wildman–Crippen MR) is 163 cm³/mol. The molecule has 1 heterocycles. The number of thiophene rings is 1. The van der Waals surface area contributed by atoms with Gasteiger partial charge in [-0.2, -0.15) is 0 Å². The molecule has 0 fully saturated rings. The number of rotatable bonds is 14. The topological polar surface area (TPSA) is 108 Å². The first-order chi connectivity index (χ1) is 20.0. The zero-order chi connectivity index (χ0) is 30.5. The molecule has 0 saturated heterocycles. The number of benzene rings is 2. The van der Waals surface area contributed by atoms with Crippen LogP contribution in [0.2, 0.25) is 0 Å². The lowest BCUT2D eigenvalue weighted by Gasteiger charge is -2.29. The second-order valence-electron chi connectivity index (χ2n) is 11.0. The van der Waals surface area contributed by atoms with E-state index in [1.54, 1.807) is 44.1 Å². The van der Waals surface area contributed by atoms with Crippen LogP contribution in [-0.2, 0) is 29.2 Å². The summed E-state index contributed by atoms with van der Waals surface area (Å²) in [4.78, 5) is 42.8. The Labute approximate surface area is 252 Å². The summed E-state index contributed by atoms with van der Waals surface area (Å²) in [6.45, 7) is 6.59. The Morgan fingerprint density at radius 3 is 2.26 bits per heavy atom. The van der Waals surface area contributed by atoms with E-state index in [1.165, 1.54) is 4.90 Å². The zero-order valence-electron chi connectivity index (χ0n) is 24.7. The zero-order valence-corrected chi connectivity index (χ0v) is 25.6. The number of carbonyl (C=O) groups is 3. The fourth-order valence-electron chi connectivity index (χ4n) is 4.42. The minimum Gasteiger partial charge on any atom is -0.497 e. The Hall–Kier alpha value is -4.05. The summed E-state index contributed by atoms with van der Waals surface area (Å²) < 4.78 is 10.8. The highest BCUT2D eigenvalue weighted by molar-refractivity contribution is 7.09. The minimum absolute atomic E-state index is 0.239. The van der Waals surface area contributed by atoms with Gasteiger partial charge in [-0.05, 0) is 74.7 Å². The number of carboxylic acid groups (broad SMARTS) is 1. The highest BCUT2D eigenvalue weighted by Crippen LogP contribution is 2.20. The molecule has 0 saturated carbocycles. The molecule has 0 aliphatic rings. The molecule has 3 rings (SSSR count). The third-order valence-electron chi connectivity index (χ3n) is 6.39. The van der Waals surface area contributed by atoms with Gasteiger partial charge in [-0.1, -0.05) is 48.5 Å². The van der Waals surface area contributed by atoms with E-state index in [-0.39, 0.29) is 12.5 Å². The van der Waals surface area contributed by atoms with Gasteiger partial charge in [0.1, 0.15) is 17.4 Å². The number of amides is 3. The van der Waals surface area contributed by atoms with Crippen LogP contribution in [0, 0.1) is 0 Å². The van der Waals surface area contributed by atoms with Crippen molar-refractivity contribution in [2.45, 2.75) is 71.3 Å². The molecule has 2 aromatic carbocycles. The molecule has 0 spiro atoms. The average Bonchev–Trinajstić information content (AvgIpc) is 3.46. The van der Waals surface area contributed by atoms with Gasteiger partial charge in [0.25, 0.3) is 0 Å². The molecule has 3 aromatic rings. The van der Waals surface area contributed by atoms with Crippen LogP contribution >= 0.6 is 11.3 Å². The molecule has 1 atom stereocenters. The molecule has 226 valence electrons. The molecule has 0 radical (unpaired) electrons. The van der Waals surface area contributed by atoms with Crippen molar-refractivity contribution in [3.8, 4) is 5.75 Å². The van der Waals surface area contributed by atoms with Crippen LogP contribution in [0.25, 0.3) is 0 Å². The first-order valence-electron chi connectivity index (χ1n) is 14.0. The molecule has 3 amide bonds. The summed E-state index contributed by atoms with van der Waals surface area (Å²) in [7, 11) is 1.60. The molecule has 1 aromatic heterocycles. The van der Waals surface area contributed by atoms with Crippen LogP contribution in [0.3, 0.4) is 0 Å². The summed E-state index contributed by atoms with van der Waals surface area (Å²) in [5, 5.41) is 14.5. The molecule has 0 aliphatic heterocycles. The quantitative estimate of drug-likeness (QED) is 0.205. The lowest BCUT2D eigenvalue weighted by atomic mass is 10.1. The molecule has 0 aliphatic carbocycles. The van der Waals surface area contributed by atoms with E-state index < -0.39 is 23.8 Å². The summed E-state index contributed by atoms with van der Waals surface area (Å²) in [5.74, 6) is 0.453. The number of methoxy groups -OCH3 is 1. The number of unbranched alkanes of at least 4 members (excludes halogenated alkanes) is 1. The first-order valence-corrected chi connectivity index (χ1v) is 14.9. The van der Waals surface area contributed by atoms with Gasteiger partial charge in [0, 0.05) is 24.5 Å². The van der Waals surface area contributed by atoms with Crippen molar-refractivity contribution in [3.05, 3.63) is 88.1 Å². The average molecular weight is 596 g/mol. The van der Waals surface area contributed by atoms with Crippen molar-refractivity contribution in [3.63, 3.8) is 0 Å². The van der Waals surface area contributed by atoms with Crippen molar-refractivity contribution >= 4 is 29.4 Å². The second-order valence-corrected chi connectivity index (χ2v) is 12.0. The molecule has 0 bridgehead atoms. The van der Waals surface area contributed by atoms with E-state index >= 15 is 0 Å². The summed E-state index contributed by atoms with van der Waals surface area (Å²) in [6, 6.07) is 20.0. The van der Waals surface area contributed by atoms with Gasteiger partial charge in [0.15, 0.2) is 0 Å². The first kappa shape index (κ1) is 32.5. The van der Waals surface area contributed by atoms with Crippen LogP contribution in [0.15, 0.2) is 72.1 Å². The molecule has 42 heavy (non-hydrogen) atoms. The third kappa shape index (κ3) is 11.1. The monoisotopic (exact) mass is 595 g/mol. The van der Waals surface area contributed by atoms with Gasteiger partial charge in [-0.15, -0.1) is 11.3 Å². The maximum absolute atomic E-state index is 14.0. The number of hydrogen-bond donors (Lipinski definition) is 2. The summed E-state index contributed by atoms with van der Waals surface area (Å²) in [5.41, 5.74) is 1.07. The van der Waals surface area contributed by atoms with Crippen molar-refractivity contribution in [2.75, 3.05) is 13.7 Å². The van der Waals surface area contributed by atoms with E-state index in [1.807, 2.05) is 72.1 Å².